The van der Waals surface area contributed by atoms with Crippen molar-refractivity contribution in [2.45, 2.75) is 59.1 Å². The quantitative estimate of drug-likeness (QED) is 0.908. The minimum Gasteiger partial charge on any atom is -0.444 e. The molecule has 0 bridgehead atoms. The molecule has 1 amide bonds. The summed E-state index contributed by atoms with van der Waals surface area (Å²) in [5, 5.41) is 2.95. The van der Waals surface area contributed by atoms with E-state index in [0.29, 0.717) is 5.92 Å². The van der Waals surface area contributed by atoms with Gasteiger partial charge in [0.1, 0.15) is 5.60 Å². The van der Waals surface area contributed by atoms with Crippen LogP contribution in [0.15, 0.2) is 24.3 Å². The van der Waals surface area contributed by atoms with E-state index in [-0.39, 0.29) is 12.1 Å². The fourth-order valence-corrected chi connectivity index (χ4v) is 3.15. The summed E-state index contributed by atoms with van der Waals surface area (Å²) in [6, 6.07) is 8.80. The Balaban J connectivity index is 1.80. The maximum absolute atomic E-state index is 11.8. The van der Waals surface area contributed by atoms with E-state index in [4.69, 9.17) is 4.74 Å². The van der Waals surface area contributed by atoms with Gasteiger partial charge < -0.3 is 15.0 Å². The van der Waals surface area contributed by atoms with Crippen molar-refractivity contribution < 1.29 is 9.53 Å². The Morgan fingerprint density at radius 1 is 1.43 bits per heavy atom. The Morgan fingerprint density at radius 2 is 2.17 bits per heavy atom. The zero-order chi connectivity index (χ0) is 17.0. The molecule has 1 aromatic rings. The van der Waals surface area contributed by atoms with Gasteiger partial charge in [-0.05, 0) is 71.1 Å². The molecule has 1 saturated heterocycles. The number of ether oxygens (including phenoxy) is 1. The number of benzene rings is 1. The second-order valence-corrected chi connectivity index (χ2v) is 7.72. The van der Waals surface area contributed by atoms with Crippen molar-refractivity contribution in [2.75, 3.05) is 18.0 Å². The normalized spacial score (nSPS) is 19.5. The fraction of sp³-hybridized carbons (Fsp3) is 0.632. The minimum atomic E-state index is -0.445. The molecule has 1 fully saturated rings. The Hall–Kier alpha value is -1.71. The first-order chi connectivity index (χ1) is 10.7. The number of rotatable bonds is 4. The zero-order valence-electron chi connectivity index (χ0n) is 15.1. The molecular formula is C19H30N2O2. The highest BCUT2D eigenvalue weighted by Crippen LogP contribution is 2.27. The van der Waals surface area contributed by atoms with E-state index in [1.54, 1.807) is 0 Å². The summed E-state index contributed by atoms with van der Waals surface area (Å²) in [4.78, 5) is 14.3. The van der Waals surface area contributed by atoms with Crippen LogP contribution in [-0.2, 0) is 4.74 Å². The van der Waals surface area contributed by atoms with Gasteiger partial charge >= 0.3 is 6.09 Å². The van der Waals surface area contributed by atoms with Crippen LogP contribution in [0.4, 0.5) is 10.5 Å². The van der Waals surface area contributed by atoms with Crippen LogP contribution in [0.3, 0.4) is 0 Å². The van der Waals surface area contributed by atoms with Crippen LogP contribution >= 0.6 is 0 Å². The maximum Gasteiger partial charge on any atom is 0.407 e. The lowest BCUT2D eigenvalue weighted by molar-refractivity contribution is 0.0503. The van der Waals surface area contributed by atoms with E-state index in [2.05, 4.69) is 48.3 Å². The van der Waals surface area contributed by atoms with Crippen molar-refractivity contribution in [1.29, 1.82) is 0 Å². The van der Waals surface area contributed by atoms with Gasteiger partial charge in [0, 0.05) is 24.8 Å². The molecule has 1 aliphatic rings. The number of anilines is 1. The summed E-state index contributed by atoms with van der Waals surface area (Å²) in [5.41, 5.74) is 2.16. The summed E-state index contributed by atoms with van der Waals surface area (Å²) < 4.78 is 5.32. The number of carbonyl (C=O) groups is 1. The predicted octanol–water partition coefficient (Wildman–Crippen LogP) is 4.12. The highest BCUT2D eigenvalue weighted by molar-refractivity contribution is 5.68. The lowest BCUT2D eigenvalue weighted by Gasteiger charge is -2.23. The van der Waals surface area contributed by atoms with Crippen molar-refractivity contribution in [2.24, 2.45) is 5.92 Å². The molecule has 4 heteroatoms. The van der Waals surface area contributed by atoms with Gasteiger partial charge in [-0.1, -0.05) is 12.1 Å². The minimum absolute atomic E-state index is 0.132. The molecule has 1 aromatic carbocycles. The van der Waals surface area contributed by atoms with Crippen LogP contribution in [0.1, 0.15) is 46.1 Å². The zero-order valence-corrected chi connectivity index (χ0v) is 15.1. The Labute approximate surface area is 140 Å². The van der Waals surface area contributed by atoms with E-state index in [1.807, 2.05) is 20.8 Å². The van der Waals surface area contributed by atoms with Gasteiger partial charge in [0.25, 0.3) is 0 Å². The molecule has 0 aliphatic carbocycles. The van der Waals surface area contributed by atoms with Crippen LogP contribution in [0.5, 0.6) is 0 Å². The summed E-state index contributed by atoms with van der Waals surface area (Å²) >= 11 is 0. The van der Waals surface area contributed by atoms with Gasteiger partial charge in [-0.25, -0.2) is 4.79 Å². The summed E-state index contributed by atoms with van der Waals surface area (Å²) in [7, 11) is 0. The van der Waals surface area contributed by atoms with Crippen LogP contribution in [0, 0.1) is 12.8 Å². The first kappa shape index (κ1) is 17.6. The second-order valence-electron chi connectivity index (χ2n) is 7.72. The molecule has 2 unspecified atom stereocenters. The van der Waals surface area contributed by atoms with E-state index >= 15 is 0 Å². The van der Waals surface area contributed by atoms with Gasteiger partial charge in [0.05, 0.1) is 0 Å². The first-order valence-corrected chi connectivity index (χ1v) is 8.54. The summed E-state index contributed by atoms with van der Waals surface area (Å²) in [5.74, 6) is 0.612. The van der Waals surface area contributed by atoms with Crippen molar-refractivity contribution in [3.63, 3.8) is 0 Å². The third kappa shape index (κ3) is 5.77. The third-order valence-electron chi connectivity index (χ3n) is 4.10. The molecule has 1 heterocycles. The molecule has 2 rings (SSSR count). The van der Waals surface area contributed by atoms with Crippen LogP contribution in [0.2, 0.25) is 0 Å². The van der Waals surface area contributed by atoms with E-state index in [0.717, 1.165) is 19.5 Å². The van der Waals surface area contributed by atoms with Crippen LogP contribution in [0.25, 0.3) is 0 Å². The molecular weight excluding hydrogens is 288 g/mol. The standard InChI is InChI=1S/C19H30N2O2/c1-14-7-6-8-17(11-14)21-10-9-16(13-21)12-15(2)20-18(22)23-19(3,4)5/h6-8,11,15-16H,9-10,12-13H2,1-5H3,(H,20,22). The van der Waals surface area contributed by atoms with Crippen LogP contribution in [-0.4, -0.2) is 30.8 Å². The molecule has 0 aromatic heterocycles. The lowest BCUT2D eigenvalue weighted by Crippen LogP contribution is -2.38. The number of amides is 1. The van der Waals surface area contributed by atoms with E-state index < -0.39 is 5.60 Å². The topological polar surface area (TPSA) is 41.6 Å². The number of carbonyl (C=O) groups excluding carboxylic acids is 1. The average molecular weight is 318 g/mol. The number of hydrogen-bond donors (Lipinski definition) is 1. The van der Waals surface area contributed by atoms with Gasteiger partial charge in [0.15, 0.2) is 0 Å². The van der Waals surface area contributed by atoms with E-state index in [9.17, 15) is 4.79 Å². The maximum atomic E-state index is 11.8. The molecule has 23 heavy (non-hydrogen) atoms. The molecule has 0 spiro atoms. The van der Waals surface area contributed by atoms with Crippen molar-refractivity contribution in [3.8, 4) is 0 Å². The highest BCUT2D eigenvalue weighted by Gasteiger charge is 2.25. The predicted molar refractivity (Wildman–Crippen MR) is 94.9 cm³/mol. The molecule has 2 atom stereocenters. The molecule has 0 radical (unpaired) electrons. The first-order valence-electron chi connectivity index (χ1n) is 8.54. The molecule has 0 saturated carbocycles. The highest BCUT2D eigenvalue weighted by atomic mass is 16.6. The van der Waals surface area contributed by atoms with E-state index in [1.165, 1.54) is 17.7 Å². The molecule has 1 aliphatic heterocycles. The van der Waals surface area contributed by atoms with Gasteiger partial charge in [-0.3, -0.25) is 0 Å². The number of aryl methyl sites for hydroxylation is 1. The van der Waals surface area contributed by atoms with Gasteiger partial charge in [-0.2, -0.15) is 0 Å². The van der Waals surface area contributed by atoms with Crippen LogP contribution < -0.4 is 10.2 Å². The monoisotopic (exact) mass is 318 g/mol. The Bertz CT molecular complexity index is 536. The fourth-order valence-electron chi connectivity index (χ4n) is 3.15. The number of nitrogens with zero attached hydrogens (tertiary/aromatic N) is 1. The number of alkyl carbamates (subject to hydrolysis) is 1. The lowest BCUT2D eigenvalue weighted by atomic mass is 10.0. The largest absolute Gasteiger partial charge is 0.444 e. The molecule has 128 valence electrons. The Kier molecular flexibility index (Phi) is 5.55. The third-order valence-corrected chi connectivity index (χ3v) is 4.10. The molecule has 4 nitrogen and oxygen atoms in total. The van der Waals surface area contributed by atoms with Crippen molar-refractivity contribution in [1.82, 2.24) is 5.32 Å². The summed E-state index contributed by atoms with van der Waals surface area (Å²) in [6.45, 7) is 12.0. The summed E-state index contributed by atoms with van der Waals surface area (Å²) in [6.07, 6.45) is 1.84. The van der Waals surface area contributed by atoms with Gasteiger partial charge in [0.2, 0.25) is 0 Å². The average Bonchev–Trinajstić information content (AvgIpc) is 2.84. The van der Waals surface area contributed by atoms with Gasteiger partial charge in [-0.15, -0.1) is 0 Å². The number of hydrogen-bond acceptors (Lipinski definition) is 3. The SMILES string of the molecule is Cc1cccc(N2CCC(CC(C)NC(=O)OC(C)(C)C)C2)c1. The Morgan fingerprint density at radius 3 is 2.83 bits per heavy atom. The molecule has 1 N–H and O–H groups in total. The van der Waals surface area contributed by atoms with Crippen molar-refractivity contribution in [3.05, 3.63) is 29.8 Å². The second kappa shape index (κ2) is 7.24. The van der Waals surface area contributed by atoms with Crippen molar-refractivity contribution >= 4 is 11.8 Å². The number of nitrogens with one attached hydrogen (secondary N) is 1. The smallest absolute Gasteiger partial charge is 0.407 e.